The van der Waals surface area contributed by atoms with E-state index in [9.17, 15) is 0 Å². The lowest BCUT2D eigenvalue weighted by Gasteiger charge is -2.01. The highest BCUT2D eigenvalue weighted by molar-refractivity contribution is 7.16. The Morgan fingerprint density at radius 2 is 2.22 bits per heavy atom. The average molecular weight is 149 g/mol. The first kappa shape index (κ1) is 9.35. The maximum Gasteiger partial charge on any atom is 0.0591 e. The standard InChI is InChI=1S/C6H16NOP/c1-2-7-3-4-8-5-6-9/h7H,2-6,9H2,1H3. The zero-order chi connectivity index (χ0) is 6.95. The molecule has 0 fully saturated rings. The van der Waals surface area contributed by atoms with Crippen LogP contribution in [0.3, 0.4) is 0 Å². The minimum atomic E-state index is 0.836. The normalized spacial score (nSPS) is 10.0. The lowest BCUT2D eigenvalue weighted by atomic mass is 10.6. The highest BCUT2D eigenvalue weighted by Gasteiger charge is 1.83. The molecule has 0 amide bonds. The van der Waals surface area contributed by atoms with Crippen LogP contribution in [0.2, 0.25) is 0 Å². The van der Waals surface area contributed by atoms with Gasteiger partial charge in [0.25, 0.3) is 0 Å². The molecule has 1 N–H and O–H groups in total. The second-order valence-corrected chi connectivity index (χ2v) is 2.33. The van der Waals surface area contributed by atoms with Gasteiger partial charge in [0.15, 0.2) is 0 Å². The fourth-order valence-corrected chi connectivity index (χ4v) is 0.673. The number of nitrogens with one attached hydrogen (secondary N) is 1. The summed E-state index contributed by atoms with van der Waals surface area (Å²) in [6, 6.07) is 0. The Morgan fingerprint density at radius 1 is 1.44 bits per heavy atom. The summed E-state index contributed by atoms with van der Waals surface area (Å²) in [4.78, 5) is 0. The second kappa shape index (κ2) is 8.35. The summed E-state index contributed by atoms with van der Waals surface area (Å²) in [6.45, 7) is 5.79. The molecule has 0 saturated heterocycles. The predicted octanol–water partition coefficient (Wildman–Crippen LogP) is 0.488. The summed E-state index contributed by atoms with van der Waals surface area (Å²) in [5.41, 5.74) is 0. The zero-order valence-electron chi connectivity index (χ0n) is 6.02. The van der Waals surface area contributed by atoms with Crippen LogP contribution in [0.1, 0.15) is 6.92 Å². The van der Waals surface area contributed by atoms with E-state index in [1.807, 2.05) is 0 Å². The van der Waals surface area contributed by atoms with Crippen molar-refractivity contribution in [2.45, 2.75) is 6.92 Å². The number of likely N-dealkylation sites (N-methyl/N-ethyl adjacent to an activating group) is 1. The van der Waals surface area contributed by atoms with Gasteiger partial charge in [-0.3, -0.25) is 0 Å². The van der Waals surface area contributed by atoms with Crippen molar-refractivity contribution in [1.82, 2.24) is 5.32 Å². The van der Waals surface area contributed by atoms with Crippen molar-refractivity contribution in [2.75, 3.05) is 32.5 Å². The molecule has 0 aliphatic rings. The first-order chi connectivity index (χ1) is 4.41. The van der Waals surface area contributed by atoms with E-state index in [0.717, 1.165) is 32.5 Å². The third-order valence-corrected chi connectivity index (χ3v) is 1.17. The number of rotatable bonds is 6. The van der Waals surface area contributed by atoms with Crippen LogP contribution in [0.25, 0.3) is 0 Å². The summed E-state index contributed by atoms with van der Waals surface area (Å²) >= 11 is 0. The second-order valence-electron chi connectivity index (χ2n) is 1.75. The maximum absolute atomic E-state index is 5.20. The topological polar surface area (TPSA) is 21.3 Å². The number of hydrogen-bond acceptors (Lipinski definition) is 2. The molecule has 1 unspecified atom stereocenters. The molecule has 2 nitrogen and oxygen atoms in total. The Hall–Kier alpha value is 0.350. The Balaban J connectivity index is 2.60. The van der Waals surface area contributed by atoms with Crippen molar-refractivity contribution < 1.29 is 4.74 Å². The van der Waals surface area contributed by atoms with Crippen LogP contribution in [0.15, 0.2) is 0 Å². The molecule has 0 aromatic heterocycles. The SMILES string of the molecule is CCNCCOCCP. The summed E-state index contributed by atoms with van der Waals surface area (Å²) < 4.78 is 5.20. The van der Waals surface area contributed by atoms with Crippen LogP contribution in [0.4, 0.5) is 0 Å². The predicted molar refractivity (Wildman–Crippen MR) is 43.9 cm³/mol. The van der Waals surface area contributed by atoms with Crippen molar-refractivity contribution in [2.24, 2.45) is 0 Å². The summed E-state index contributed by atoms with van der Waals surface area (Å²) in [7, 11) is 2.63. The van der Waals surface area contributed by atoms with E-state index in [4.69, 9.17) is 4.74 Å². The van der Waals surface area contributed by atoms with Crippen LogP contribution < -0.4 is 5.32 Å². The van der Waals surface area contributed by atoms with Crippen molar-refractivity contribution in [1.29, 1.82) is 0 Å². The molecule has 0 aromatic rings. The number of hydrogen-bond donors (Lipinski definition) is 1. The molecule has 1 atom stereocenters. The molecule has 9 heavy (non-hydrogen) atoms. The fraction of sp³-hybridized carbons (Fsp3) is 1.00. The first-order valence-corrected chi connectivity index (χ1v) is 4.22. The van der Waals surface area contributed by atoms with Gasteiger partial charge in [-0.05, 0) is 12.7 Å². The summed E-state index contributed by atoms with van der Waals surface area (Å²) in [6.07, 6.45) is 1.03. The van der Waals surface area contributed by atoms with Gasteiger partial charge < -0.3 is 10.1 Å². The molecule has 0 radical (unpaired) electrons. The largest absolute Gasteiger partial charge is 0.380 e. The van der Waals surface area contributed by atoms with Crippen LogP contribution in [0, 0.1) is 0 Å². The van der Waals surface area contributed by atoms with Gasteiger partial charge >= 0.3 is 0 Å². The van der Waals surface area contributed by atoms with E-state index in [1.54, 1.807) is 0 Å². The highest BCUT2D eigenvalue weighted by Crippen LogP contribution is 1.80. The Bertz CT molecular complexity index is 46.3. The van der Waals surface area contributed by atoms with Gasteiger partial charge in [-0.2, -0.15) is 0 Å². The van der Waals surface area contributed by atoms with Crippen molar-refractivity contribution in [3.05, 3.63) is 0 Å². The molecule has 0 saturated carbocycles. The van der Waals surface area contributed by atoms with E-state index < -0.39 is 0 Å². The van der Waals surface area contributed by atoms with Gasteiger partial charge in [-0.25, -0.2) is 0 Å². The molecule has 0 aliphatic carbocycles. The van der Waals surface area contributed by atoms with Gasteiger partial charge in [-0.1, -0.05) is 6.92 Å². The van der Waals surface area contributed by atoms with Crippen molar-refractivity contribution >= 4 is 9.24 Å². The molecule has 0 aromatic carbocycles. The molecule has 3 heteroatoms. The lowest BCUT2D eigenvalue weighted by molar-refractivity contribution is 0.152. The maximum atomic E-state index is 5.20. The van der Waals surface area contributed by atoms with Gasteiger partial charge in [0.1, 0.15) is 0 Å². The van der Waals surface area contributed by atoms with Gasteiger partial charge in [-0.15, -0.1) is 9.24 Å². The van der Waals surface area contributed by atoms with E-state index in [0.29, 0.717) is 0 Å². The third kappa shape index (κ3) is 8.35. The van der Waals surface area contributed by atoms with Crippen molar-refractivity contribution in [3.8, 4) is 0 Å². The molecule has 0 spiro atoms. The molecular weight excluding hydrogens is 133 g/mol. The van der Waals surface area contributed by atoms with Gasteiger partial charge in [0.05, 0.1) is 13.2 Å². The van der Waals surface area contributed by atoms with Crippen LogP contribution in [-0.2, 0) is 4.74 Å². The fourth-order valence-electron chi connectivity index (χ4n) is 0.507. The summed E-state index contributed by atoms with van der Waals surface area (Å²) in [5.74, 6) is 0. The summed E-state index contributed by atoms with van der Waals surface area (Å²) in [5, 5.41) is 3.18. The Labute approximate surface area is 59.6 Å². The monoisotopic (exact) mass is 149 g/mol. The van der Waals surface area contributed by atoms with E-state index >= 15 is 0 Å². The molecule has 56 valence electrons. The number of ether oxygens (including phenoxy) is 1. The van der Waals surface area contributed by atoms with Gasteiger partial charge in [0.2, 0.25) is 0 Å². The van der Waals surface area contributed by atoms with Crippen LogP contribution >= 0.6 is 9.24 Å². The highest BCUT2D eigenvalue weighted by atomic mass is 31.0. The molecule has 0 rings (SSSR count). The zero-order valence-corrected chi connectivity index (χ0v) is 7.18. The minimum absolute atomic E-state index is 0.836. The molecule has 0 aliphatic heterocycles. The Kier molecular flexibility index (Phi) is 8.67. The smallest absolute Gasteiger partial charge is 0.0591 e. The van der Waals surface area contributed by atoms with Crippen molar-refractivity contribution in [3.63, 3.8) is 0 Å². The first-order valence-electron chi connectivity index (χ1n) is 3.40. The lowest BCUT2D eigenvalue weighted by Crippen LogP contribution is -2.19. The van der Waals surface area contributed by atoms with E-state index in [-0.39, 0.29) is 0 Å². The minimum Gasteiger partial charge on any atom is -0.380 e. The third-order valence-electron chi connectivity index (χ3n) is 0.935. The molecular formula is C6H16NOP. The van der Waals surface area contributed by atoms with Crippen LogP contribution in [0.5, 0.6) is 0 Å². The quantitative estimate of drug-likeness (QED) is 0.438. The Morgan fingerprint density at radius 3 is 2.78 bits per heavy atom. The van der Waals surface area contributed by atoms with E-state index in [2.05, 4.69) is 21.5 Å². The molecule has 0 heterocycles. The van der Waals surface area contributed by atoms with Gasteiger partial charge in [0, 0.05) is 6.54 Å². The average Bonchev–Trinajstić information content (AvgIpc) is 1.89. The molecule has 0 bridgehead atoms. The van der Waals surface area contributed by atoms with Crippen LogP contribution in [-0.4, -0.2) is 32.5 Å². The van der Waals surface area contributed by atoms with E-state index in [1.165, 1.54) is 0 Å².